The average molecular weight is 241 g/mol. The van der Waals surface area contributed by atoms with E-state index in [-0.39, 0.29) is 5.95 Å². The highest BCUT2D eigenvalue weighted by Crippen LogP contribution is 2.43. The predicted octanol–water partition coefficient (Wildman–Crippen LogP) is 2.70. The van der Waals surface area contributed by atoms with Crippen LogP contribution in [0.15, 0.2) is 6.07 Å². The van der Waals surface area contributed by atoms with Gasteiger partial charge in [-0.15, -0.1) is 0 Å². The number of nitrogens with zero attached hydrogens (tertiary/aromatic N) is 2. The Morgan fingerprint density at radius 2 is 2.25 bits per heavy atom. The monoisotopic (exact) mass is 240 g/mol. The maximum absolute atomic E-state index is 5.81. The molecule has 1 heterocycles. The smallest absolute Gasteiger partial charge is 0.223 e. The van der Waals surface area contributed by atoms with E-state index in [1.54, 1.807) is 6.07 Å². The van der Waals surface area contributed by atoms with Crippen LogP contribution < -0.4 is 11.1 Å². The van der Waals surface area contributed by atoms with Gasteiger partial charge >= 0.3 is 0 Å². The predicted molar refractivity (Wildman–Crippen MR) is 66.5 cm³/mol. The molecule has 0 aliphatic heterocycles. The zero-order chi connectivity index (χ0) is 11.6. The molecule has 3 N–H and O–H groups in total. The molecule has 0 saturated heterocycles. The Kier molecular flexibility index (Phi) is 3.19. The number of nitrogens with two attached hydrogens (primary N) is 1. The second kappa shape index (κ2) is 4.45. The van der Waals surface area contributed by atoms with Gasteiger partial charge < -0.3 is 11.1 Å². The van der Waals surface area contributed by atoms with Crippen molar-refractivity contribution in [1.29, 1.82) is 0 Å². The molecule has 5 heteroatoms. The zero-order valence-corrected chi connectivity index (χ0v) is 10.2. The summed E-state index contributed by atoms with van der Waals surface area (Å²) in [5.74, 6) is 0.936. The summed E-state index contributed by atoms with van der Waals surface area (Å²) in [6.45, 7) is 3.18. The normalized spacial score (nSPS) is 17.9. The fourth-order valence-corrected chi connectivity index (χ4v) is 2.33. The zero-order valence-electron chi connectivity index (χ0n) is 9.46. The van der Waals surface area contributed by atoms with E-state index < -0.39 is 0 Å². The first-order chi connectivity index (χ1) is 7.63. The molecular formula is C11H17ClN4. The first-order valence-corrected chi connectivity index (χ1v) is 6.05. The van der Waals surface area contributed by atoms with Crippen LogP contribution in [0.1, 0.15) is 32.6 Å². The summed E-state index contributed by atoms with van der Waals surface area (Å²) in [6.07, 6.45) is 5.13. The van der Waals surface area contributed by atoms with E-state index in [1.807, 2.05) is 0 Å². The molecule has 0 unspecified atom stereocenters. The van der Waals surface area contributed by atoms with Crippen molar-refractivity contribution in [2.45, 2.75) is 32.6 Å². The highest BCUT2D eigenvalue weighted by molar-refractivity contribution is 6.29. The van der Waals surface area contributed by atoms with E-state index >= 15 is 0 Å². The van der Waals surface area contributed by atoms with Crippen molar-refractivity contribution in [3.05, 3.63) is 11.2 Å². The van der Waals surface area contributed by atoms with Crippen LogP contribution in [0, 0.1) is 5.41 Å². The molecule has 0 spiro atoms. The molecular weight excluding hydrogens is 224 g/mol. The molecule has 16 heavy (non-hydrogen) atoms. The van der Waals surface area contributed by atoms with E-state index in [0.717, 1.165) is 12.4 Å². The second-order valence-electron chi connectivity index (χ2n) is 4.49. The van der Waals surface area contributed by atoms with E-state index in [9.17, 15) is 0 Å². The third-order valence-electron chi connectivity index (χ3n) is 3.52. The molecule has 0 amide bonds. The van der Waals surface area contributed by atoms with Crippen LogP contribution in [0.4, 0.5) is 11.8 Å². The van der Waals surface area contributed by atoms with E-state index in [0.29, 0.717) is 10.6 Å². The molecule has 4 nitrogen and oxygen atoms in total. The van der Waals surface area contributed by atoms with Gasteiger partial charge in [0.05, 0.1) is 0 Å². The Balaban J connectivity index is 1.98. The number of nitrogens with one attached hydrogen (secondary N) is 1. The van der Waals surface area contributed by atoms with Crippen LogP contribution in [-0.2, 0) is 0 Å². The van der Waals surface area contributed by atoms with E-state index in [1.165, 1.54) is 25.7 Å². The summed E-state index contributed by atoms with van der Waals surface area (Å²) in [6, 6.07) is 1.71. The average Bonchev–Trinajstić information content (AvgIpc) is 2.15. The van der Waals surface area contributed by atoms with Gasteiger partial charge in [0, 0.05) is 12.6 Å². The van der Waals surface area contributed by atoms with Crippen molar-refractivity contribution in [3.8, 4) is 0 Å². The molecule has 1 aliphatic carbocycles. The van der Waals surface area contributed by atoms with Crippen LogP contribution in [0.3, 0.4) is 0 Å². The molecule has 1 aromatic heterocycles. The summed E-state index contributed by atoms with van der Waals surface area (Å²) >= 11 is 5.81. The molecule has 2 rings (SSSR count). The second-order valence-corrected chi connectivity index (χ2v) is 4.88. The lowest BCUT2D eigenvalue weighted by Gasteiger charge is -2.41. The lowest BCUT2D eigenvalue weighted by atomic mass is 9.67. The lowest BCUT2D eigenvalue weighted by Crippen LogP contribution is -2.36. The van der Waals surface area contributed by atoms with Crippen molar-refractivity contribution in [3.63, 3.8) is 0 Å². The molecule has 0 aromatic carbocycles. The van der Waals surface area contributed by atoms with Crippen molar-refractivity contribution in [1.82, 2.24) is 9.97 Å². The largest absolute Gasteiger partial charge is 0.369 e. The van der Waals surface area contributed by atoms with Crippen LogP contribution in [-0.4, -0.2) is 16.5 Å². The van der Waals surface area contributed by atoms with Crippen LogP contribution in [0.25, 0.3) is 0 Å². The lowest BCUT2D eigenvalue weighted by molar-refractivity contribution is 0.145. The SMILES string of the molecule is CCC1(CNc2cc(Cl)nc(N)n2)CCC1. The minimum Gasteiger partial charge on any atom is -0.369 e. The number of anilines is 2. The summed E-state index contributed by atoms with van der Waals surface area (Å²) in [5.41, 5.74) is 5.98. The topological polar surface area (TPSA) is 63.8 Å². The Bertz CT molecular complexity index is 350. The number of nitrogen functional groups attached to an aromatic ring is 1. The fourth-order valence-electron chi connectivity index (χ4n) is 2.14. The number of aromatic nitrogens is 2. The summed E-state index contributed by atoms with van der Waals surface area (Å²) in [5, 5.41) is 3.69. The van der Waals surface area contributed by atoms with Crippen molar-refractivity contribution < 1.29 is 0 Å². The Labute approximate surface area is 101 Å². The van der Waals surface area contributed by atoms with Crippen LogP contribution >= 0.6 is 11.6 Å². The van der Waals surface area contributed by atoms with E-state index in [2.05, 4.69) is 22.2 Å². The minimum atomic E-state index is 0.217. The highest BCUT2D eigenvalue weighted by Gasteiger charge is 2.34. The number of hydrogen-bond acceptors (Lipinski definition) is 4. The summed E-state index contributed by atoms with van der Waals surface area (Å²) in [7, 11) is 0. The molecule has 88 valence electrons. The van der Waals surface area contributed by atoms with Gasteiger partial charge in [0.2, 0.25) is 5.95 Å². The van der Waals surface area contributed by atoms with Gasteiger partial charge in [-0.05, 0) is 24.7 Å². The highest BCUT2D eigenvalue weighted by atomic mass is 35.5. The quantitative estimate of drug-likeness (QED) is 0.795. The van der Waals surface area contributed by atoms with E-state index in [4.69, 9.17) is 17.3 Å². The molecule has 1 aliphatic rings. The fraction of sp³-hybridized carbons (Fsp3) is 0.636. The van der Waals surface area contributed by atoms with Crippen molar-refractivity contribution in [2.75, 3.05) is 17.6 Å². The van der Waals surface area contributed by atoms with Crippen molar-refractivity contribution in [2.24, 2.45) is 5.41 Å². The molecule has 1 saturated carbocycles. The molecule has 1 fully saturated rings. The van der Waals surface area contributed by atoms with Gasteiger partial charge in [0.15, 0.2) is 0 Å². The van der Waals surface area contributed by atoms with Gasteiger partial charge in [-0.3, -0.25) is 0 Å². The van der Waals surface area contributed by atoms with Gasteiger partial charge in [0.25, 0.3) is 0 Å². The number of halogens is 1. The minimum absolute atomic E-state index is 0.217. The maximum atomic E-state index is 5.81. The first kappa shape index (κ1) is 11.5. The molecule has 0 radical (unpaired) electrons. The van der Waals surface area contributed by atoms with Gasteiger partial charge in [-0.1, -0.05) is 24.9 Å². The molecule has 0 atom stereocenters. The third kappa shape index (κ3) is 2.38. The Hall–Kier alpha value is -1.03. The first-order valence-electron chi connectivity index (χ1n) is 5.67. The Morgan fingerprint density at radius 3 is 2.75 bits per heavy atom. The molecule has 1 aromatic rings. The summed E-state index contributed by atoms with van der Waals surface area (Å²) in [4.78, 5) is 7.93. The van der Waals surface area contributed by atoms with Crippen LogP contribution in [0.2, 0.25) is 5.15 Å². The van der Waals surface area contributed by atoms with Gasteiger partial charge in [-0.25, -0.2) is 4.98 Å². The molecule has 0 bridgehead atoms. The summed E-state index contributed by atoms with van der Waals surface area (Å²) < 4.78 is 0. The van der Waals surface area contributed by atoms with Crippen LogP contribution in [0.5, 0.6) is 0 Å². The van der Waals surface area contributed by atoms with Gasteiger partial charge in [0.1, 0.15) is 11.0 Å². The number of hydrogen-bond donors (Lipinski definition) is 2. The maximum Gasteiger partial charge on any atom is 0.223 e. The van der Waals surface area contributed by atoms with Crippen molar-refractivity contribution >= 4 is 23.4 Å². The third-order valence-corrected chi connectivity index (χ3v) is 3.71. The Morgan fingerprint density at radius 1 is 1.50 bits per heavy atom. The number of rotatable bonds is 4. The van der Waals surface area contributed by atoms with Gasteiger partial charge in [-0.2, -0.15) is 4.98 Å². The standard InChI is InChI=1S/C11H17ClN4/c1-2-11(4-3-5-11)7-14-9-6-8(12)15-10(13)16-9/h6H,2-5,7H2,1H3,(H3,13,14,15,16).